The van der Waals surface area contributed by atoms with Crippen LogP contribution < -0.4 is 20.3 Å². The second-order valence-electron chi connectivity index (χ2n) is 6.50. The fourth-order valence-electron chi connectivity index (χ4n) is 2.88. The maximum Gasteiger partial charge on any atom is 0.319 e. The highest BCUT2D eigenvalue weighted by Crippen LogP contribution is 2.19. The van der Waals surface area contributed by atoms with Crippen LogP contribution in [0.1, 0.15) is 0 Å². The number of hydrogen-bond donors (Lipinski definition) is 2. The second kappa shape index (κ2) is 9.23. The maximum absolute atomic E-state index is 13.4. The van der Waals surface area contributed by atoms with Crippen molar-refractivity contribution in [2.24, 2.45) is 0 Å². The Morgan fingerprint density at radius 1 is 1.07 bits per heavy atom. The fraction of sp³-hybridized carbons (Fsp3) is 0.350. The summed E-state index contributed by atoms with van der Waals surface area (Å²) in [6.45, 7) is 4.59. The third-order valence-corrected chi connectivity index (χ3v) is 4.48. The van der Waals surface area contributed by atoms with Gasteiger partial charge in [-0.15, -0.1) is 0 Å². The zero-order chi connectivity index (χ0) is 19.1. The fourth-order valence-corrected chi connectivity index (χ4v) is 2.88. The molecule has 27 heavy (non-hydrogen) atoms. The van der Waals surface area contributed by atoms with Gasteiger partial charge in [0, 0.05) is 37.6 Å². The van der Waals surface area contributed by atoms with Crippen LogP contribution in [0.15, 0.2) is 48.5 Å². The van der Waals surface area contributed by atoms with E-state index < -0.39 is 5.82 Å². The number of nitrogens with one attached hydrogen (secondary N) is 2. The summed E-state index contributed by atoms with van der Waals surface area (Å²) < 4.78 is 18.7. The van der Waals surface area contributed by atoms with Gasteiger partial charge in [0.05, 0.1) is 6.54 Å². The molecule has 2 aromatic rings. The van der Waals surface area contributed by atoms with E-state index in [9.17, 15) is 9.18 Å². The van der Waals surface area contributed by atoms with Crippen LogP contribution in [0.25, 0.3) is 0 Å². The van der Waals surface area contributed by atoms with Crippen molar-refractivity contribution in [1.29, 1.82) is 0 Å². The van der Waals surface area contributed by atoms with E-state index >= 15 is 0 Å². The quantitative estimate of drug-likeness (QED) is 0.766. The Balaban J connectivity index is 1.39. The van der Waals surface area contributed by atoms with Crippen molar-refractivity contribution in [2.45, 2.75) is 0 Å². The molecule has 2 aromatic carbocycles. The van der Waals surface area contributed by atoms with Crippen LogP contribution in [-0.2, 0) is 0 Å². The smallest absolute Gasteiger partial charge is 0.319 e. The molecule has 1 saturated heterocycles. The minimum Gasteiger partial charge on any atom is -0.489 e. The van der Waals surface area contributed by atoms with E-state index in [1.807, 2.05) is 24.3 Å². The number of hydrogen-bond acceptors (Lipinski definition) is 4. The molecule has 0 radical (unpaired) electrons. The molecule has 0 aromatic heterocycles. The largest absolute Gasteiger partial charge is 0.489 e. The number of para-hydroxylation sites is 1. The lowest BCUT2D eigenvalue weighted by molar-refractivity contribution is 0.246. The molecule has 0 unspecified atom stereocenters. The number of piperazine rings is 1. The summed E-state index contributed by atoms with van der Waals surface area (Å²) in [4.78, 5) is 16.6. The number of amides is 2. The lowest BCUT2D eigenvalue weighted by Gasteiger charge is -2.34. The highest BCUT2D eigenvalue weighted by molar-refractivity contribution is 5.89. The molecule has 1 fully saturated rings. The van der Waals surface area contributed by atoms with Gasteiger partial charge in [-0.2, -0.15) is 0 Å². The van der Waals surface area contributed by atoms with Crippen molar-refractivity contribution in [1.82, 2.24) is 10.2 Å². The Morgan fingerprint density at radius 3 is 2.48 bits per heavy atom. The van der Waals surface area contributed by atoms with Crippen molar-refractivity contribution in [3.05, 3.63) is 54.3 Å². The second-order valence-corrected chi connectivity index (χ2v) is 6.50. The van der Waals surface area contributed by atoms with E-state index in [1.54, 1.807) is 18.2 Å². The number of benzene rings is 2. The minimum absolute atomic E-state index is 0.180. The minimum atomic E-state index is -0.414. The average molecular weight is 372 g/mol. The molecule has 2 N–H and O–H groups in total. The van der Waals surface area contributed by atoms with Gasteiger partial charge in [0.1, 0.15) is 6.61 Å². The topological polar surface area (TPSA) is 56.8 Å². The van der Waals surface area contributed by atoms with Gasteiger partial charge >= 0.3 is 6.03 Å². The average Bonchev–Trinajstić information content (AvgIpc) is 2.68. The third-order valence-electron chi connectivity index (χ3n) is 4.48. The molecule has 1 aliphatic heterocycles. The predicted octanol–water partition coefficient (Wildman–Crippen LogP) is 2.78. The molecule has 1 heterocycles. The van der Waals surface area contributed by atoms with Crippen molar-refractivity contribution in [3.8, 4) is 5.75 Å². The van der Waals surface area contributed by atoms with Crippen LogP contribution in [0.3, 0.4) is 0 Å². The summed E-state index contributed by atoms with van der Waals surface area (Å²) in [5.74, 6) is -0.235. The number of halogens is 1. The molecule has 1 aliphatic rings. The van der Waals surface area contributed by atoms with Gasteiger partial charge in [-0.25, -0.2) is 9.18 Å². The molecular weight excluding hydrogens is 347 g/mol. The van der Waals surface area contributed by atoms with Crippen molar-refractivity contribution in [3.63, 3.8) is 0 Å². The van der Waals surface area contributed by atoms with Gasteiger partial charge in [-0.3, -0.25) is 0 Å². The molecule has 7 heteroatoms. The highest BCUT2D eigenvalue weighted by atomic mass is 19.1. The van der Waals surface area contributed by atoms with E-state index in [4.69, 9.17) is 4.74 Å². The Labute approximate surface area is 158 Å². The first-order chi connectivity index (χ1) is 13.1. The Bertz CT molecular complexity index is 746. The Kier molecular flexibility index (Phi) is 6.49. The van der Waals surface area contributed by atoms with Crippen LogP contribution in [0, 0.1) is 5.82 Å². The standard InChI is InChI=1S/C20H25FN4O2/c1-24-11-13-25(14-12-24)17-8-6-16(7-9-17)23-20(26)22-10-15-27-19-5-3-2-4-18(19)21/h2-9H,10-15H2,1H3,(H2,22,23,26). The molecule has 2 amide bonds. The summed E-state index contributed by atoms with van der Waals surface area (Å²) >= 11 is 0. The van der Waals surface area contributed by atoms with E-state index in [1.165, 1.54) is 6.07 Å². The van der Waals surface area contributed by atoms with Crippen LogP contribution in [0.4, 0.5) is 20.6 Å². The summed E-state index contributed by atoms with van der Waals surface area (Å²) in [6, 6.07) is 13.7. The highest BCUT2D eigenvalue weighted by Gasteiger charge is 2.14. The summed E-state index contributed by atoms with van der Waals surface area (Å²) in [6.07, 6.45) is 0. The first-order valence-corrected chi connectivity index (χ1v) is 9.07. The van der Waals surface area contributed by atoms with E-state index in [0.717, 1.165) is 37.6 Å². The van der Waals surface area contributed by atoms with E-state index in [2.05, 4.69) is 27.5 Å². The molecule has 144 valence electrons. The van der Waals surface area contributed by atoms with Crippen LogP contribution in [-0.4, -0.2) is 57.3 Å². The first-order valence-electron chi connectivity index (χ1n) is 9.07. The number of carbonyl (C=O) groups excluding carboxylic acids is 1. The molecular formula is C20H25FN4O2. The SMILES string of the molecule is CN1CCN(c2ccc(NC(=O)NCCOc3ccccc3F)cc2)CC1. The summed E-state index contributed by atoms with van der Waals surface area (Å²) in [5, 5.41) is 5.47. The van der Waals surface area contributed by atoms with Crippen LogP contribution in [0.2, 0.25) is 0 Å². The summed E-state index contributed by atoms with van der Waals surface area (Å²) in [7, 11) is 2.13. The Hall–Kier alpha value is -2.80. The molecule has 0 atom stereocenters. The van der Waals surface area contributed by atoms with E-state index in [-0.39, 0.29) is 24.9 Å². The number of ether oxygens (including phenoxy) is 1. The lowest BCUT2D eigenvalue weighted by Crippen LogP contribution is -2.44. The van der Waals surface area contributed by atoms with Crippen molar-refractivity contribution in [2.75, 3.05) is 56.6 Å². The van der Waals surface area contributed by atoms with Gasteiger partial charge in [0.2, 0.25) is 0 Å². The van der Waals surface area contributed by atoms with Crippen LogP contribution >= 0.6 is 0 Å². The number of nitrogens with zero attached hydrogens (tertiary/aromatic N) is 2. The van der Waals surface area contributed by atoms with Crippen LogP contribution in [0.5, 0.6) is 5.75 Å². The number of rotatable bonds is 6. The molecule has 3 rings (SSSR count). The molecule has 0 spiro atoms. The Morgan fingerprint density at radius 2 is 1.78 bits per heavy atom. The lowest BCUT2D eigenvalue weighted by atomic mass is 10.2. The zero-order valence-electron chi connectivity index (χ0n) is 15.5. The molecule has 0 aliphatic carbocycles. The van der Waals surface area contributed by atoms with E-state index in [0.29, 0.717) is 0 Å². The number of carbonyl (C=O) groups is 1. The maximum atomic E-state index is 13.4. The third kappa shape index (κ3) is 5.59. The van der Waals surface area contributed by atoms with Gasteiger partial charge in [-0.05, 0) is 43.4 Å². The molecule has 6 nitrogen and oxygen atoms in total. The number of urea groups is 1. The van der Waals surface area contributed by atoms with Gasteiger partial charge < -0.3 is 25.2 Å². The molecule has 0 bridgehead atoms. The number of likely N-dealkylation sites (N-methyl/N-ethyl adjacent to an activating group) is 1. The monoisotopic (exact) mass is 372 g/mol. The normalized spacial score (nSPS) is 14.7. The van der Waals surface area contributed by atoms with Crippen molar-refractivity contribution >= 4 is 17.4 Å². The molecule has 0 saturated carbocycles. The number of anilines is 2. The summed E-state index contributed by atoms with van der Waals surface area (Å²) in [5.41, 5.74) is 1.88. The van der Waals surface area contributed by atoms with Gasteiger partial charge in [0.25, 0.3) is 0 Å². The van der Waals surface area contributed by atoms with Crippen molar-refractivity contribution < 1.29 is 13.9 Å². The van der Waals surface area contributed by atoms with Gasteiger partial charge in [0.15, 0.2) is 11.6 Å². The predicted molar refractivity (Wildman–Crippen MR) is 105 cm³/mol. The first kappa shape index (κ1) is 19.0. The van der Waals surface area contributed by atoms with Gasteiger partial charge in [-0.1, -0.05) is 12.1 Å². The zero-order valence-corrected chi connectivity index (χ0v) is 15.5.